The third kappa shape index (κ3) is 2.37. The van der Waals surface area contributed by atoms with Crippen molar-refractivity contribution < 1.29 is 23.0 Å². The van der Waals surface area contributed by atoms with Crippen molar-refractivity contribution in [3.63, 3.8) is 0 Å². The maximum Gasteiger partial charge on any atom is 0.416 e. The first-order valence-electron chi connectivity index (χ1n) is 4.37. The van der Waals surface area contributed by atoms with Crippen LogP contribution in [0.1, 0.15) is 13.8 Å². The lowest BCUT2D eigenvalue weighted by atomic mass is 10.1. The van der Waals surface area contributed by atoms with Gasteiger partial charge >= 0.3 is 6.18 Å². The zero-order chi connectivity index (χ0) is 11.0. The molecule has 0 bridgehead atoms. The second-order valence-electron chi connectivity index (χ2n) is 3.89. The molecule has 0 aromatic rings. The van der Waals surface area contributed by atoms with Gasteiger partial charge in [0, 0.05) is 13.1 Å². The maximum absolute atomic E-state index is 12.4. The summed E-state index contributed by atoms with van der Waals surface area (Å²) in [6.07, 6.45) is -6.07. The van der Waals surface area contributed by atoms with Gasteiger partial charge in [0.25, 0.3) is 0 Å². The number of hydrogen-bond acceptors (Lipinski definition) is 3. The van der Waals surface area contributed by atoms with E-state index in [1.54, 1.807) is 0 Å². The van der Waals surface area contributed by atoms with Crippen molar-refractivity contribution >= 4 is 0 Å². The van der Waals surface area contributed by atoms with E-state index in [1.165, 1.54) is 0 Å². The smallest absolute Gasteiger partial charge is 0.389 e. The first-order chi connectivity index (χ1) is 6.24. The minimum Gasteiger partial charge on any atom is -0.389 e. The standard InChI is InChI=1S/C8H14F3NO2/c1-7(2,8(9,10)11)14-6-4-12-3-5(6)13/h5-6,12-13H,3-4H2,1-2H3/t5-,6-/m1/s1. The molecule has 0 spiro atoms. The first-order valence-corrected chi connectivity index (χ1v) is 4.37. The molecule has 0 radical (unpaired) electrons. The van der Waals surface area contributed by atoms with Crippen molar-refractivity contribution in [2.75, 3.05) is 13.1 Å². The van der Waals surface area contributed by atoms with E-state index in [9.17, 15) is 18.3 Å². The molecule has 1 heterocycles. The van der Waals surface area contributed by atoms with Gasteiger partial charge in [-0.15, -0.1) is 0 Å². The summed E-state index contributed by atoms with van der Waals surface area (Å²) in [6, 6.07) is 0. The first kappa shape index (κ1) is 11.7. The van der Waals surface area contributed by atoms with Gasteiger partial charge < -0.3 is 15.2 Å². The molecule has 0 saturated carbocycles. The molecule has 2 atom stereocenters. The van der Waals surface area contributed by atoms with E-state index in [4.69, 9.17) is 4.74 Å². The Morgan fingerprint density at radius 3 is 2.21 bits per heavy atom. The summed E-state index contributed by atoms with van der Waals surface area (Å²) in [7, 11) is 0. The highest BCUT2D eigenvalue weighted by molar-refractivity contribution is 4.87. The fourth-order valence-electron chi connectivity index (χ4n) is 1.21. The number of nitrogens with one attached hydrogen (secondary N) is 1. The lowest BCUT2D eigenvalue weighted by molar-refractivity contribution is -0.280. The highest BCUT2D eigenvalue weighted by Crippen LogP contribution is 2.34. The van der Waals surface area contributed by atoms with Crippen LogP contribution in [-0.2, 0) is 4.74 Å². The Bertz CT molecular complexity index is 205. The molecular weight excluding hydrogens is 199 g/mol. The van der Waals surface area contributed by atoms with Gasteiger partial charge in [-0.25, -0.2) is 0 Å². The van der Waals surface area contributed by atoms with Gasteiger partial charge in [-0.05, 0) is 13.8 Å². The largest absolute Gasteiger partial charge is 0.416 e. The summed E-state index contributed by atoms with van der Waals surface area (Å²) in [6.45, 7) is 2.44. The predicted octanol–water partition coefficient (Wildman–Crippen LogP) is 0.677. The van der Waals surface area contributed by atoms with Crippen molar-refractivity contribution in [1.29, 1.82) is 0 Å². The Balaban J connectivity index is 2.58. The van der Waals surface area contributed by atoms with Crippen LogP contribution in [-0.4, -0.2) is 42.2 Å². The SMILES string of the molecule is CC(C)(O[C@@H]1CNC[C@H]1O)C(F)(F)F. The minimum absolute atomic E-state index is 0.251. The molecule has 0 aliphatic carbocycles. The van der Waals surface area contributed by atoms with Crippen molar-refractivity contribution in [3.05, 3.63) is 0 Å². The van der Waals surface area contributed by atoms with E-state index in [-0.39, 0.29) is 13.1 Å². The van der Waals surface area contributed by atoms with Crippen LogP contribution in [0.5, 0.6) is 0 Å². The van der Waals surface area contributed by atoms with Gasteiger partial charge in [-0.3, -0.25) is 0 Å². The van der Waals surface area contributed by atoms with Gasteiger partial charge in [0.15, 0.2) is 5.60 Å². The lowest BCUT2D eigenvalue weighted by Gasteiger charge is -2.31. The van der Waals surface area contributed by atoms with E-state index < -0.39 is 24.0 Å². The molecule has 1 fully saturated rings. The molecule has 3 nitrogen and oxygen atoms in total. The Labute approximate surface area is 80.2 Å². The summed E-state index contributed by atoms with van der Waals surface area (Å²) in [5.74, 6) is 0. The minimum atomic E-state index is -4.42. The van der Waals surface area contributed by atoms with E-state index in [2.05, 4.69) is 5.32 Å². The number of ether oxygens (including phenoxy) is 1. The van der Waals surface area contributed by atoms with Crippen LogP contribution in [0.25, 0.3) is 0 Å². The second kappa shape index (κ2) is 3.67. The molecule has 1 aliphatic heterocycles. The summed E-state index contributed by atoms with van der Waals surface area (Å²) < 4.78 is 42.0. The molecule has 6 heteroatoms. The number of halogens is 3. The highest BCUT2D eigenvalue weighted by atomic mass is 19.4. The molecule has 0 aromatic carbocycles. The average molecular weight is 213 g/mol. The molecule has 0 amide bonds. The predicted molar refractivity (Wildman–Crippen MR) is 43.9 cm³/mol. The number of aliphatic hydroxyl groups excluding tert-OH is 1. The molecule has 2 N–H and O–H groups in total. The van der Waals surface area contributed by atoms with E-state index >= 15 is 0 Å². The lowest BCUT2D eigenvalue weighted by Crippen LogP contribution is -2.47. The van der Waals surface area contributed by atoms with E-state index in [1.807, 2.05) is 0 Å². The maximum atomic E-state index is 12.4. The Kier molecular flexibility index (Phi) is 3.08. The third-order valence-electron chi connectivity index (χ3n) is 2.26. The van der Waals surface area contributed by atoms with Gasteiger partial charge in [-0.2, -0.15) is 13.2 Å². The number of β-amino-alcohol motifs (C(OH)–C–C–N with tert-alkyl or cyclic N) is 1. The highest BCUT2D eigenvalue weighted by Gasteiger charge is 2.50. The van der Waals surface area contributed by atoms with Gasteiger partial charge in [0.2, 0.25) is 0 Å². The molecule has 1 rings (SSSR count). The topological polar surface area (TPSA) is 41.5 Å². The van der Waals surface area contributed by atoms with Crippen LogP contribution in [0, 0.1) is 0 Å². The molecular formula is C8H14F3NO2. The summed E-state index contributed by atoms with van der Waals surface area (Å²) >= 11 is 0. The normalized spacial score (nSPS) is 29.6. The Hall–Kier alpha value is -0.330. The van der Waals surface area contributed by atoms with Crippen molar-refractivity contribution in [2.24, 2.45) is 0 Å². The quantitative estimate of drug-likeness (QED) is 0.708. The van der Waals surface area contributed by atoms with Crippen LogP contribution in [0.15, 0.2) is 0 Å². The summed E-state index contributed by atoms with van der Waals surface area (Å²) in [5, 5.41) is 12.0. The van der Waals surface area contributed by atoms with Crippen LogP contribution < -0.4 is 5.32 Å². The van der Waals surface area contributed by atoms with Gasteiger partial charge in [0.05, 0.1) is 12.2 Å². The molecule has 0 unspecified atom stereocenters. The molecule has 0 aromatic heterocycles. The third-order valence-corrected chi connectivity index (χ3v) is 2.26. The van der Waals surface area contributed by atoms with Crippen LogP contribution >= 0.6 is 0 Å². The van der Waals surface area contributed by atoms with Crippen molar-refractivity contribution in [2.45, 2.75) is 37.8 Å². The summed E-state index contributed by atoms with van der Waals surface area (Å²) in [4.78, 5) is 0. The van der Waals surface area contributed by atoms with Crippen LogP contribution in [0.4, 0.5) is 13.2 Å². The van der Waals surface area contributed by atoms with Crippen molar-refractivity contribution in [3.8, 4) is 0 Å². The zero-order valence-corrected chi connectivity index (χ0v) is 8.06. The Morgan fingerprint density at radius 1 is 1.29 bits per heavy atom. The molecule has 1 aliphatic rings. The monoisotopic (exact) mass is 213 g/mol. The molecule has 84 valence electrons. The number of aliphatic hydroxyl groups is 1. The number of hydrogen-bond donors (Lipinski definition) is 2. The van der Waals surface area contributed by atoms with E-state index in [0.717, 1.165) is 13.8 Å². The van der Waals surface area contributed by atoms with E-state index in [0.29, 0.717) is 0 Å². The number of alkyl halides is 3. The van der Waals surface area contributed by atoms with Crippen molar-refractivity contribution in [1.82, 2.24) is 5.32 Å². The Morgan fingerprint density at radius 2 is 1.86 bits per heavy atom. The average Bonchev–Trinajstić information content (AvgIpc) is 2.33. The van der Waals surface area contributed by atoms with Crippen LogP contribution in [0.3, 0.4) is 0 Å². The zero-order valence-electron chi connectivity index (χ0n) is 8.06. The fourth-order valence-corrected chi connectivity index (χ4v) is 1.21. The van der Waals surface area contributed by atoms with Crippen LogP contribution in [0.2, 0.25) is 0 Å². The van der Waals surface area contributed by atoms with Gasteiger partial charge in [-0.1, -0.05) is 0 Å². The summed E-state index contributed by atoms with van der Waals surface area (Å²) in [5.41, 5.74) is -2.22. The number of rotatable bonds is 2. The molecule has 1 saturated heterocycles. The second-order valence-corrected chi connectivity index (χ2v) is 3.89. The molecule has 14 heavy (non-hydrogen) atoms. The van der Waals surface area contributed by atoms with Gasteiger partial charge in [0.1, 0.15) is 0 Å². The fraction of sp³-hybridized carbons (Fsp3) is 1.00.